The Morgan fingerprint density at radius 2 is 1.70 bits per heavy atom. The number of hydrogen-bond donors (Lipinski definition) is 0. The smallest absolute Gasteiger partial charge is 0.264 e. The standard InChI is InChI=1S/C12H22O6S2/c1-10-6-5-7-11(8-17-19(3,13)14)12(10,2)9-18-20(4,15)16/h5-6,10-11H,7-9H2,1-4H3/t10?,11-,12-/m0/s1. The Labute approximate surface area is 121 Å². The van der Waals surface area contributed by atoms with E-state index in [0.717, 1.165) is 12.5 Å². The first-order valence-electron chi connectivity index (χ1n) is 6.29. The molecule has 20 heavy (non-hydrogen) atoms. The topological polar surface area (TPSA) is 86.7 Å². The molecule has 0 fully saturated rings. The molecule has 0 aromatic rings. The summed E-state index contributed by atoms with van der Waals surface area (Å²) in [6.07, 6.45) is 6.58. The van der Waals surface area contributed by atoms with E-state index in [-0.39, 0.29) is 25.0 Å². The molecule has 0 aromatic carbocycles. The van der Waals surface area contributed by atoms with Crippen molar-refractivity contribution in [2.24, 2.45) is 17.3 Å². The first kappa shape index (κ1) is 17.6. The van der Waals surface area contributed by atoms with Crippen molar-refractivity contribution in [3.8, 4) is 0 Å². The van der Waals surface area contributed by atoms with Crippen molar-refractivity contribution < 1.29 is 25.2 Å². The predicted molar refractivity (Wildman–Crippen MR) is 76.1 cm³/mol. The quantitative estimate of drug-likeness (QED) is 0.538. The summed E-state index contributed by atoms with van der Waals surface area (Å²) in [6, 6.07) is 0. The highest BCUT2D eigenvalue weighted by Crippen LogP contribution is 2.42. The molecule has 1 unspecified atom stereocenters. The molecule has 1 aliphatic rings. The van der Waals surface area contributed by atoms with Crippen LogP contribution in [0.5, 0.6) is 0 Å². The highest BCUT2D eigenvalue weighted by atomic mass is 32.2. The van der Waals surface area contributed by atoms with Gasteiger partial charge in [0.05, 0.1) is 25.7 Å². The molecule has 6 nitrogen and oxygen atoms in total. The molecule has 0 N–H and O–H groups in total. The molecule has 0 heterocycles. The summed E-state index contributed by atoms with van der Waals surface area (Å²) in [5.41, 5.74) is -0.498. The average molecular weight is 326 g/mol. The lowest BCUT2D eigenvalue weighted by molar-refractivity contribution is 0.0286. The van der Waals surface area contributed by atoms with Gasteiger partial charge < -0.3 is 0 Å². The van der Waals surface area contributed by atoms with Gasteiger partial charge >= 0.3 is 0 Å². The molecule has 0 aromatic heterocycles. The monoisotopic (exact) mass is 326 g/mol. The Balaban J connectivity index is 2.87. The van der Waals surface area contributed by atoms with E-state index in [9.17, 15) is 16.8 Å². The third-order valence-electron chi connectivity index (χ3n) is 3.89. The van der Waals surface area contributed by atoms with Gasteiger partial charge in [-0.25, -0.2) is 0 Å². The van der Waals surface area contributed by atoms with Crippen LogP contribution in [0, 0.1) is 17.3 Å². The molecule has 3 atom stereocenters. The van der Waals surface area contributed by atoms with Gasteiger partial charge in [0.25, 0.3) is 20.2 Å². The molecule has 0 radical (unpaired) electrons. The maximum absolute atomic E-state index is 11.2. The molecule has 118 valence electrons. The Hall–Kier alpha value is -0.440. The Morgan fingerprint density at radius 1 is 1.15 bits per heavy atom. The van der Waals surface area contributed by atoms with Gasteiger partial charge in [0.15, 0.2) is 0 Å². The van der Waals surface area contributed by atoms with Crippen LogP contribution in [-0.4, -0.2) is 42.6 Å². The molecule has 1 rings (SSSR count). The molecule has 0 bridgehead atoms. The fraction of sp³-hybridized carbons (Fsp3) is 0.833. The van der Waals surface area contributed by atoms with Crippen LogP contribution in [0.1, 0.15) is 20.3 Å². The molecule has 0 saturated carbocycles. The van der Waals surface area contributed by atoms with Gasteiger partial charge in [-0.1, -0.05) is 26.0 Å². The average Bonchev–Trinajstić information content (AvgIpc) is 2.27. The maximum atomic E-state index is 11.2. The fourth-order valence-electron chi connectivity index (χ4n) is 2.26. The zero-order chi connectivity index (χ0) is 15.6. The minimum absolute atomic E-state index is 0.00906. The second-order valence-corrected chi connectivity index (χ2v) is 8.90. The lowest BCUT2D eigenvalue weighted by Gasteiger charge is -2.42. The molecular weight excluding hydrogens is 304 g/mol. The van der Waals surface area contributed by atoms with Crippen molar-refractivity contribution in [1.82, 2.24) is 0 Å². The second-order valence-electron chi connectivity index (χ2n) is 5.61. The molecular formula is C12H22O6S2. The zero-order valence-electron chi connectivity index (χ0n) is 12.2. The van der Waals surface area contributed by atoms with Crippen molar-refractivity contribution >= 4 is 20.2 Å². The molecule has 0 amide bonds. The van der Waals surface area contributed by atoms with Gasteiger partial charge in [-0.2, -0.15) is 16.8 Å². The summed E-state index contributed by atoms with van der Waals surface area (Å²) in [6.45, 7) is 3.88. The van der Waals surface area contributed by atoms with E-state index in [1.165, 1.54) is 0 Å². The summed E-state index contributed by atoms with van der Waals surface area (Å²) >= 11 is 0. The van der Waals surface area contributed by atoms with E-state index in [0.29, 0.717) is 6.42 Å². The van der Waals surface area contributed by atoms with E-state index in [2.05, 4.69) is 0 Å². The van der Waals surface area contributed by atoms with Crippen molar-refractivity contribution in [2.75, 3.05) is 25.7 Å². The molecule has 0 spiro atoms. The fourth-order valence-corrected chi connectivity index (χ4v) is 3.13. The summed E-state index contributed by atoms with van der Waals surface area (Å²) in [5, 5.41) is 0. The van der Waals surface area contributed by atoms with E-state index in [1.807, 2.05) is 26.0 Å². The normalized spacial score (nSPS) is 31.4. The maximum Gasteiger partial charge on any atom is 0.264 e. The summed E-state index contributed by atoms with van der Waals surface area (Å²) < 4.78 is 54.4. The van der Waals surface area contributed by atoms with Crippen LogP contribution in [0.2, 0.25) is 0 Å². The summed E-state index contributed by atoms with van der Waals surface area (Å²) in [5.74, 6) is -0.0647. The van der Waals surface area contributed by atoms with Crippen molar-refractivity contribution in [3.63, 3.8) is 0 Å². The van der Waals surface area contributed by atoms with E-state index in [4.69, 9.17) is 8.37 Å². The van der Waals surface area contributed by atoms with Crippen LogP contribution in [0.3, 0.4) is 0 Å². The predicted octanol–water partition coefficient (Wildman–Crippen LogP) is 1.16. The van der Waals surface area contributed by atoms with Gasteiger partial charge in [-0.05, 0) is 18.3 Å². The first-order valence-corrected chi connectivity index (χ1v) is 9.93. The van der Waals surface area contributed by atoms with Crippen molar-refractivity contribution in [3.05, 3.63) is 12.2 Å². The zero-order valence-corrected chi connectivity index (χ0v) is 13.8. The van der Waals surface area contributed by atoms with Crippen LogP contribution < -0.4 is 0 Å². The van der Waals surface area contributed by atoms with Crippen LogP contribution in [0.15, 0.2) is 12.2 Å². The molecule has 0 saturated heterocycles. The van der Waals surface area contributed by atoms with Crippen molar-refractivity contribution in [1.29, 1.82) is 0 Å². The third-order valence-corrected chi connectivity index (χ3v) is 5.00. The number of hydrogen-bond acceptors (Lipinski definition) is 6. The van der Waals surface area contributed by atoms with Gasteiger partial charge in [-0.3, -0.25) is 8.37 Å². The number of rotatable bonds is 6. The van der Waals surface area contributed by atoms with E-state index in [1.54, 1.807) is 0 Å². The first-order chi connectivity index (χ1) is 8.94. The Bertz CT molecular complexity index is 563. The van der Waals surface area contributed by atoms with E-state index >= 15 is 0 Å². The minimum atomic E-state index is -3.53. The van der Waals surface area contributed by atoms with E-state index < -0.39 is 25.7 Å². The summed E-state index contributed by atoms with van der Waals surface area (Å²) in [4.78, 5) is 0. The SMILES string of the molecule is CC1C=CC[C@@H](COS(C)(=O)=O)[C@@]1(C)COS(C)(=O)=O. The lowest BCUT2D eigenvalue weighted by Crippen LogP contribution is -2.42. The van der Waals surface area contributed by atoms with Crippen LogP contribution in [0.25, 0.3) is 0 Å². The Morgan fingerprint density at radius 3 is 2.20 bits per heavy atom. The van der Waals surface area contributed by atoms with Crippen LogP contribution >= 0.6 is 0 Å². The lowest BCUT2D eigenvalue weighted by atomic mass is 9.65. The highest BCUT2D eigenvalue weighted by Gasteiger charge is 2.41. The van der Waals surface area contributed by atoms with Gasteiger partial charge in [0.2, 0.25) is 0 Å². The molecule has 8 heteroatoms. The largest absolute Gasteiger partial charge is 0.270 e. The minimum Gasteiger partial charge on any atom is -0.270 e. The molecule has 1 aliphatic carbocycles. The van der Waals surface area contributed by atoms with Gasteiger partial charge in [0, 0.05) is 5.41 Å². The van der Waals surface area contributed by atoms with Crippen molar-refractivity contribution in [2.45, 2.75) is 20.3 Å². The third kappa shape index (κ3) is 5.16. The highest BCUT2D eigenvalue weighted by molar-refractivity contribution is 7.86. The Kier molecular flexibility index (Phi) is 5.40. The van der Waals surface area contributed by atoms with Gasteiger partial charge in [0.1, 0.15) is 0 Å². The summed E-state index contributed by atoms with van der Waals surface area (Å²) in [7, 11) is -7.05. The van der Waals surface area contributed by atoms with Crippen LogP contribution in [-0.2, 0) is 28.6 Å². The molecule has 0 aliphatic heterocycles. The van der Waals surface area contributed by atoms with Crippen LogP contribution in [0.4, 0.5) is 0 Å². The number of allylic oxidation sites excluding steroid dienone is 2. The second kappa shape index (κ2) is 6.13. The van der Waals surface area contributed by atoms with Gasteiger partial charge in [-0.15, -0.1) is 0 Å².